The van der Waals surface area contributed by atoms with E-state index in [1.54, 1.807) is 4.90 Å². The molecule has 1 fully saturated rings. The van der Waals surface area contributed by atoms with Gasteiger partial charge in [0.05, 0.1) is 0 Å². The van der Waals surface area contributed by atoms with Crippen LogP contribution in [-0.4, -0.2) is 41.4 Å². The third-order valence-electron chi connectivity index (χ3n) is 3.34. The normalized spacial score (nSPS) is 21.2. The van der Waals surface area contributed by atoms with Crippen LogP contribution in [0.3, 0.4) is 0 Å². The number of carbonyl (C=O) groups is 3. The minimum atomic E-state index is -0.302. The van der Waals surface area contributed by atoms with Gasteiger partial charge in [0.15, 0.2) is 0 Å². The fourth-order valence-corrected chi connectivity index (χ4v) is 2.18. The first-order valence-corrected chi connectivity index (χ1v) is 6.02. The van der Waals surface area contributed by atoms with Gasteiger partial charge >= 0.3 is 0 Å². The van der Waals surface area contributed by atoms with Gasteiger partial charge in [-0.05, 0) is 12.8 Å². The Morgan fingerprint density at radius 3 is 2.44 bits per heavy atom. The summed E-state index contributed by atoms with van der Waals surface area (Å²) in [5, 5.41) is 3.77. The van der Waals surface area contributed by atoms with E-state index in [4.69, 9.17) is 5.73 Å². The number of nitrogens with zero attached hydrogens (tertiary/aromatic N) is 2. The Balaban J connectivity index is 1.92. The molecule has 7 heteroatoms. The predicted molar refractivity (Wildman–Crippen MR) is 63.3 cm³/mol. The SMILES string of the molecule is NC(=O)C1CCN(C(=O)C2=NNC(=O)CC2)CC1. The Hall–Kier alpha value is -1.92. The second kappa shape index (κ2) is 5.16. The lowest BCUT2D eigenvalue weighted by Gasteiger charge is -2.31. The molecule has 3 amide bonds. The Kier molecular flexibility index (Phi) is 3.59. The molecule has 0 atom stereocenters. The van der Waals surface area contributed by atoms with Crippen molar-refractivity contribution in [2.24, 2.45) is 16.8 Å². The molecule has 0 bridgehead atoms. The van der Waals surface area contributed by atoms with Crippen LogP contribution in [0.1, 0.15) is 25.7 Å². The quantitative estimate of drug-likeness (QED) is 0.656. The molecular formula is C11H16N4O3. The summed E-state index contributed by atoms with van der Waals surface area (Å²) in [6.45, 7) is 1.03. The lowest BCUT2D eigenvalue weighted by atomic mass is 9.96. The van der Waals surface area contributed by atoms with Crippen molar-refractivity contribution in [3.63, 3.8) is 0 Å². The number of hydrazone groups is 1. The van der Waals surface area contributed by atoms with Crippen molar-refractivity contribution in [3.8, 4) is 0 Å². The highest BCUT2D eigenvalue weighted by molar-refractivity contribution is 6.39. The van der Waals surface area contributed by atoms with Crippen LogP contribution in [0.5, 0.6) is 0 Å². The summed E-state index contributed by atoms with van der Waals surface area (Å²) in [5.41, 5.74) is 7.92. The van der Waals surface area contributed by atoms with E-state index in [2.05, 4.69) is 10.5 Å². The largest absolute Gasteiger partial charge is 0.369 e. The maximum atomic E-state index is 12.1. The minimum Gasteiger partial charge on any atom is -0.369 e. The molecule has 2 rings (SSSR count). The fourth-order valence-electron chi connectivity index (χ4n) is 2.18. The summed E-state index contributed by atoms with van der Waals surface area (Å²) in [4.78, 5) is 35.7. The number of piperidine rings is 1. The number of primary amides is 1. The van der Waals surface area contributed by atoms with Crippen molar-refractivity contribution < 1.29 is 14.4 Å². The number of nitrogens with one attached hydrogen (secondary N) is 1. The van der Waals surface area contributed by atoms with Crippen molar-refractivity contribution in [2.75, 3.05) is 13.1 Å². The van der Waals surface area contributed by atoms with Crippen LogP contribution >= 0.6 is 0 Å². The number of amides is 3. The molecule has 3 N–H and O–H groups in total. The van der Waals surface area contributed by atoms with Gasteiger partial charge in [0.2, 0.25) is 11.8 Å². The highest BCUT2D eigenvalue weighted by Crippen LogP contribution is 2.17. The van der Waals surface area contributed by atoms with Gasteiger partial charge in [-0.25, -0.2) is 5.43 Å². The van der Waals surface area contributed by atoms with Gasteiger partial charge in [-0.1, -0.05) is 0 Å². The van der Waals surface area contributed by atoms with Gasteiger partial charge in [0, 0.05) is 31.8 Å². The molecule has 98 valence electrons. The first-order valence-electron chi connectivity index (χ1n) is 6.02. The number of hydrogen-bond donors (Lipinski definition) is 2. The summed E-state index contributed by atoms with van der Waals surface area (Å²) < 4.78 is 0. The summed E-state index contributed by atoms with van der Waals surface area (Å²) >= 11 is 0. The predicted octanol–water partition coefficient (Wildman–Crippen LogP) is -1.02. The molecule has 0 aliphatic carbocycles. The van der Waals surface area contributed by atoms with Crippen LogP contribution in [0.2, 0.25) is 0 Å². The first-order chi connectivity index (χ1) is 8.58. The highest BCUT2D eigenvalue weighted by atomic mass is 16.2. The zero-order chi connectivity index (χ0) is 13.1. The molecule has 2 heterocycles. The van der Waals surface area contributed by atoms with Gasteiger partial charge in [-0.3, -0.25) is 14.4 Å². The average molecular weight is 252 g/mol. The summed E-state index contributed by atoms with van der Waals surface area (Å²) in [6.07, 6.45) is 1.87. The van der Waals surface area contributed by atoms with Crippen molar-refractivity contribution in [1.82, 2.24) is 10.3 Å². The average Bonchev–Trinajstić information content (AvgIpc) is 2.39. The van der Waals surface area contributed by atoms with Crippen molar-refractivity contribution in [3.05, 3.63) is 0 Å². The molecular weight excluding hydrogens is 236 g/mol. The number of carbonyl (C=O) groups excluding carboxylic acids is 3. The molecule has 0 radical (unpaired) electrons. The topological polar surface area (TPSA) is 105 Å². The van der Waals surface area contributed by atoms with Crippen LogP contribution in [0.4, 0.5) is 0 Å². The molecule has 0 aromatic heterocycles. The lowest BCUT2D eigenvalue weighted by Crippen LogP contribution is -2.45. The summed E-state index contributed by atoms with van der Waals surface area (Å²) in [6, 6.07) is 0. The zero-order valence-electron chi connectivity index (χ0n) is 10.0. The summed E-state index contributed by atoms with van der Waals surface area (Å²) in [5.74, 6) is -0.761. The molecule has 2 aliphatic heterocycles. The highest BCUT2D eigenvalue weighted by Gasteiger charge is 2.29. The van der Waals surface area contributed by atoms with Crippen LogP contribution in [0.15, 0.2) is 5.10 Å². The monoisotopic (exact) mass is 252 g/mol. The van der Waals surface area contributed by atoms with E-state index in [1.165, 1.54) is 0 Å². The maximum absolute atomic E-state index is 12.1. The van der Waals surface area contributed by atoms with E-state index < -0.39 is 0 Å². The minimum absolute atomic E-state index is 0.137. The Labute approximate surface area is 104 Å². The van der Waals surface area contributed by atoms with Gasteiger partial charge in [-0.15, -0.1) is 0 Å². The molecule has 7 nitrogen and oxygen atoms in total. The lowest BCUT2D eigenvalue weighted by molar-refractivity contribution is -0.129. The fraction of sp³-hybridized carbons (Fsp3) is 0.636. The molecule has 1 saturated heterocycles. The molecule has 0 spiro atoms. The van der Waals surface area contributed by atoms with Gasteiger partial charge in [0.25, 0.3) is 5.91 Å². The van der Waals surface area contributed by atoms with E-state index in [1.807, 2.05) is 0 Å². The number of rotatable bonds is 2. The van der Waals surface area contributed by atoms with Crippen LogP contribution in [-0.2, 0) is 14.4 Å². The van der Waals surface area contributed by atoms with E-state index in [9.17, 15) is 14.4 Å². The standard InChI is InChI=1S/C11H16N4O3/c12-10(17)7-3-5-15(6-4-7)11(18)8-1-2-9(16)14-13-8/h7H,1-6H2,(H2,12,17)(H,14,16). The second-order valence-corrected chi connectivity index (χ2v) is 4.56. The molecule has 0 aromatic rings. The van der Waals surface area contributed by atoms with Crippen molar-refractivity contribution in [1.29, 1.82) is 0 Å². The third-order valence-corrected chi connectivity index (χ3v) is 3.34. The van der Waals surface area contributed by atoms with Crippen LogP contribution < -0.4 is 11.2 Å². The van der Waals surface area contributed by atoms with Crippen molar-refractivity contribution >= 4 is 23.4 Å². The van der Waals surface area contributed by atoms with Gasteiger partial charge in [0.1, 0.15) is 5.71 Å². The zero-order valence-corrected chi connectivity index (χ0v) is 10.0. The molecule has 0 saturated carbocycles. The van der Waals surface area contributed by atoms with E-state index in [0.717, 1.165) is 0 Å². The van der Waals surface area contributed by atoms with E-state index in [-0.39, 0.29) is 23.6 Å². The Morgan fingerprint density at radius 1 is 1.28 bits per heavy atom. The number of nitrogens with two attached hydrogens (primary N) is 1. The van der Waals surface area contributed by atoms with Gasteiger partial charge < -0.3 is 10.6 Å². The molecule has 0 unspecified atom stereocenters. The van der Waals surface area contributed by atoms with Crippen LogP contribution in [0, 0.1) is 5.92 Å². The van der Waals surface area contributed by atoms with Gasteiger partial charge in [-0.2, -0.15) is 5.10 Å². The first kappa shape index (κ1) is 12.5. The number of likely N-dealkylation sites (tertiary alicyclic amines) is 1. The Morgan fingerprint density at radius 2 is 1.94 bits per heavy atom. The summed E-state index contributed by atoms with van der Waals surface area (Å²) in [7, 11) is 0. The van der Waals surface area contributed by atoms with Crippen molar-refractivity contribution in [2.45, 2.75) is 25.7 Å². The van der Waals surface area contributed by atoms with Crippen LogP contribution in [0.25, 0.3) is 0 Å². The Bertz CT molecular complexity index is 411. The second-order valence-electron chi connectivity index (χ2n) is 4.56. The smallest absolute Gasteiger partial charge is 0.270 e. The molecule has 0 aromatic carbocycles. The molecule has 18 heavy (non-hydrogen) atoms. The molecule has 2 aliphatic rings. The van der Waals surface area contributed by atoms with E-state index in [0.29, 0.717) is 44.5 Å². The maximum Gasteiger partial charge on any atom is 0.270 e. The third kappa shape index (κ3) is 2.66. The number of hydrogen-bond acceptors (Lipinski definition) is 4. The van der Waals surface area contributed by atoms with E-state index >= 15 is 0 Å².